The zero-order valence-corrected chi connectivity index (χ0v) is 12.7. The van der Waals surface area contributed by atoms with Crippen LogP contribution in [0.5, 0.6) is 0 Å². The number of likely N-dealkylation sites (N-methyl/N-ethyl adjacent to an activating group) is 1. The lowest BCUT2D eigenvalue weighted by Gasteiger charge is -2.38. The molecular formula is C15H28N4. The van der Waals surface area contributed by atoms with Gasteiger partial charge in [-0.1, -0.05) is 0 Å². The molecule has 2 rings (SSSR count). The SMILES string of the molecule is CC1CN(C)CCN1CCCC(C)(C#N)NC1CC1. The highest BCUT2D eigenvalue weighted by Crippen LogP contribution is 2.24. The minimum atomic E-state index is -0.322. The molecule has 0 spiro atoms. The molecule has 0 bridgehead atoms. The Morgan fingerprint density at radius 3 is 2.68 bits per heavy atom. The first-order valence-electron chi connectivity index (χ1n) is 7.64. The zero-order valence-electron chi connectivity index (χ0n) is 12.7. The Bertz CT molecular complexity index is 334. The first kappa shape index (κ1) is 14.8. The van der Waals surface area contributed by atoms with Crippen LogP contribution in [-0.4, -0.2) is 60.6 Å². The highest BCUT2D eigenvalue weighted by molar-refractivity contribution is 5.07. The molecular weight excluding hydrogens is 236 g/mol. The van der Waals surface area contributed by atoms with Gasteiger partial charge in [-0.15, -0.1) is 0 Å². The second-order valence-corrected chi connectivity index (χ2v) is 6.61. The first-order valence-corrected chi connectivity index (χ1v) is 7.64. The average molecular weight is 264 g/mol. The molecule has 0 aromatic rings. The van der Waals surface area contributed by atoms with Crippen LogP contribution in [-0.2, 0) is 0 Å². The monoisotopic (exact) mass is 264 g/mol. The predicted octanol–water partition coefficient (Wildman–Crippen LogP) is 1.44. The molecule has 2 aliphatic rings. The van der Waals surface area contributed by atoms with E-state index in [-0.39, 0.29) is 5.54 Å². The van der Waals surface area contributed by atoms with Gasteiger partial charge in [-0.2, -0.15) is 5.26 Å². The minimum Gasteiger partial charge on any atom is -0.304 e. The Labute approximate surface area is 117 Å². The van der Waals surface area contributed by atoms with Gasteiger partial charge in [0.15, 0.2) is 0 Å². The third kappa shape index (κ3) is 4.45. The molecule has 2 atom stereocenters. The van der Waals surface area contributed by atoms with Gasteiger partial charge < -0.3 is 4.90 Å². The quantitative estimate of drug-likeness (QED) is 0.788. The summed E-state index contributed by atoms with van der Waals surface area (Å²) in [7, 11) is 2.19. The summed E-state index contributed by atoms with van der Waals surface area (Å²) in [5.41, 5.74) is -0.322. The minimum absolute atomic E-state index is 0.322. The van der Waals surface area contributed by atoms with E-state index < -0.39 is 0 Å². The molecule has 19 heavy (non-hydrogen) atoms. The van der Waals surface area contributed by atoms with Gasteiger partial charge in [0.05, 0.1) is 6.07 Å². The number of nitriles is 1. The second kappa shape index (κ2) is 6.21. The van der Waals surface area contributed by atoms with Crippen molar-refractivity contribution in [1.29, 1.82) is 5.26 Å². The molecule has 1 aliphatic carbocycles. The first-order chi connectivity index (χ1) is 9.02. The van der Waals surface area contributed by atoms with Crippen LogP contribution in [0.4, 0.5) is 0 Å². The van der Waals surface area contributed by atoms with Crippen molar-refractivity contribution in [3.63, 3.8) is 0 Å². The number of piperazine rings is 1. The topological polar surface area (TPSA) is 42.3 Å². The van der Waals surface area contributed by atoms with Crippen molar-refractivity contribution >= 4 is 0 Å². The van der Waals surface area contributed by atoms with E-state index >= 15 is 0 Å². The number of rotatable bonds is 6. The van der Waals surface area contributed by atoms with Crippen LogP contribution in [0.15, 0.2) is 0 Å². The van der Waals surface area contributed by atoms with Crippen molar-refractivity contribution in [1.82, 2.24) is 15.1 Å². The lowest BCUT2D eigenvalue weighted by Crippen LogP contribution is -2.51. The van der Waals surface area contributed by atoms with Crippen LogP contribution in [0, 0.1) is 11.3 Å². The molecule has 1 N–H and O–H groups in total. The molecule has 0 amide bonds. The molecule has 0 aromatic heterocycles. The molecule has 108 valence electrons. The number of nitrogens with one attached hydrogen (secondary N) is 1. The van der Waals surface area contributed by atoms with Crippen LogP contribution in [0.25, 0.3) is 0 Å². The largest absolute Gasteiger partial charge is 0.304 e. The second-order valence-electron chi connectivity index (χ2n) is 6.61. The molecule has 0 aromatic carbocycles. The summed E-state index contributed by atoms with van der Waals surface area (Å²) in [5, 5.41) is 12.8. The van der Waals surface area contributed by atoms with Gasteiger partial charge in [0, 0.05) is 31.7 Å². The number of hydrogen-bond donors (Lipinski definition) is 1. The van der Waals surface area contributed by atoms with Gasteiger partial charge in [0.25, 0.3) is 0 Å². The Morgan fingerprint density at radius 2 is 2.11 bits per heavy atom. The van der Waals surface area contributed by atoms with Crippen LogP contribution < -0.4 is 5.32 Å². The Balaban J connectivity index is 1.71. The molecule has 1 saturated carbocycles. The highest BCUT2D eigenvalue weighted by atomic mass is 15.3. The maximum Gasteiger partial charge on any atom is 0.104 e. The summed E-state index contributed by atoms with van der Waals surface area (Å²) in [6.07, 6.45) is 4.55. The van der Waals surface area contributed by atoms with Gasteiger partial charge in [0.2, 0.25) is 0 Å². The molecule has 1 heterocycles. The molecule has 2 unspecified atom stereocenters. The summed E-state index contributed by atoms with van der Waals surface area (Å²) in [4.78, 5) is 4.96. The zero-order chi connectivity index (χ0) is 13.9. The maximum atomic E-state index is 9.35. The van der Waals surface area contributed by atoms with Gasteiger partial charge >= 0.3 is 0 Å². The van der Waals surface area contributed by atoms with Crippen LogP contribution in [0.1, 0.15) is 39.5 Å². The third-order valence-electron chi connectivity index (χ3n) is 4.44. The molecule has 4 heteroatoms. The Kier molecular flexibility index (Phi) is 4.83. The molecule has 1 saturated heterocycles. The van der Waals surface area contributed by atoms with E-state index in [1.807, 2.05) is 0 Å². The molecule has 0 radical (unpaired) electrons. The molecule has 4 nitrogen and oxygen atoms in total. The Morgan fingerprint density at radius 1 is 1.37 bits per heavy atom. The van der Waals surface area contributed by atoms with Crippen molar-refractivity contribution in [2.24, 2.45) is 0 Å². The van der Waals surface area contributed by atoms with Gasteiger partial charge in [-0.3, -0.25) is 10.2 Å². The smallest absolute Gasteiger partial charge is 0.104 e. The highest BCUT2D eigenvalue weighted by Gasteiger charge is 2.32. The third-order valence-corrected chi connectivity index (χ3v) is 4.44. The van der Waals surface area contributed by atoms with Crippen LogP contribution >= 0.6 is 0 Å². The van der Waals surface area contributed by atoms with E-state index in [1.54, 1.807) is 0 Å². The van der Waals surface area contributed by atoms with Crippen molar-refractivity contribution in [2.75, 3.05) is 33.2 Å². The van der Waals surface area contributed by atoms with E-state index in [0.717, 1.165) is 32.5 Å². The maximum absolute atomic E-state index is 9.35. The van der Waals surface area contributed by atoms with Crippen molar-refractivity contribution in [3.05, 3.63) is 0 Å². The van der Waals surface area contributed by atoms with Gasteiger partial charge in [0.1, 0.15) is 5.54 Å². The van der Waals surface area contributed by atoms with Crippen molar-refractivity contribution in [3.8, 4) is 6.07 Å². The van der Waals surface area contributed by atoms with E-state index in [1.165, 1.54) is 19.4 Å². The van der Waals surface area contributed by atoms with Gasteiger partial charge in [-0.05, 0) is 53.1 Å². The summed E-state index contributed by atoms with van der Waals surface area (Å²) in [5.74, 6) is 0. The fraction of sp³-hybridized carbons (Fsp3) is 0.933. The van der Waals surface area contributed by atoms with Crippen LogP contribution in [0.3, 0.4) is 0 Å². The normalized spacial score (nSPS) is 28.8. The summed E-state index contributed by atoms with van der Waals surface area (Å²) >= 11 is 0. The predicted molar refractivity (Wildman–Crippen MR) is 77.9 cm³/mol. The van der Waals surface area contributed by atoms with E-state index in [2.05, 4.69) is 42.1 Å². The van der Waals surface area contributed by atoms with E-state index in [9.17, 15) is 5.26 Å². The van der Waals surface area contributed by atoms with Crippen molar-refractivity contribution in [2.45, 2.75) is 57.2 Å². The van der Waals surface area contributed by atoms with Crippen molar-refractivity contribution < 1.29 is 0 Å². The fourth-order valence-electron chi connectivity index (χ4n) is 2.98. The molecule has 2 fully saturated rings. The van der Waals surface area contributed by atoms with E-state index in [0.29, 0.717) is 12.1 Å². The summed E-state index contributed by atoms with van der Waals surface area (Å²) in [6.45, 7) is 8.98. The number of nitrogens with zero attached hydrogens (tertiary/aromatic N) is 3. The lowest BCUT2D eigenvalue weighted by molar-refractivity contribution is 0.0970. The molecule has 1 aliphatic heterocycles. The number of hydrogen-bond acceptors (Lipinski definition) is 4. The lowest BCUT2D eigenvalue weighted by atomic mass is 9.97. The summed E-state index contributed by atoms with van der Waals surface area (Å²) < 4.78 is 0. The fourth-order valence-corrected chi connectivity index (χ4v) is 2.98. The summed E-state index contributed by atoms with van der Waals surface area (Å²) in [6, 6.07) is 3.71. The standard InChI is InChI=1S/C15H28N4/c1-13-11-18(3)9-10-19(13)8-4-7-15(2,12-16)17-14-5-6-14/h13-14,17H,4-11H2,1-3H3. The average Bonchev–Trinajstić information content (AvgIpc) is 3.16. The van der Waals surface area contributed by atoms with Crippen LogP contribution in [0.2, 0.25) is 0 Å². The van der Waals surface area contributed by atoms with Gasteiger partial charge in [-0.25, -0.2) is 0 Å². The van der Waals surface area contributed by atoms with E-state index in [4.69, 9.17) is 0 Å². The Hall–Kier alpha value is -0.630.